The standard InChI is InChI=1S/C21H15Cl3N4OS2/c1-10-11(2)30-20-17(10)21(26-9-25-20)31-16-6-4-3-5-13(16)19(29)28-27-18-14(23)7-12(22)8-15(18)24/h3-9,27H,1-2H3,(H,28,29). The summed E-state index contributed by atoms with van der Waals surface area (Å²) in [6.07, 6.45) is 1.55. The van der Waals surface area contributed by atoms with E-state index in [1.807, 2.05) is 12.1 Å². The number of thiophene rings is 1. The van der Waals surface area contributed by atoms with E-state index in [-0.39, 0.29) is 5.91 Å². The van der Waals surface area contributed by atoms with Crippen LogP contribution in [0.15, 0.2) is 52.6 Å². The third kappa shape index (κ3) is 4.61. The predicted molar refractivity (Wildman–Crippen MR) is 130 cm³/mol. The quantitative estimate of drug-likeness (QED) is 0.220. The number of benzene rings is 2. The largest absolute Gasteiger partial charge is 0.295 e. The zero-order valence-corrected chi connectivity index (χ0v) is 20.2. The van der Waals surface area contributed by atoms with E-state index in [2.05, 4.69) is 34.7 Å². The number of aryl methyl sites for hydroxylation is 2. The number of carbonyl (C=O) groups excluding carboxylic acids is 1. The Morgan fingerprint density at radius 1 is 1.06 bits per heavy atom. The van der Waals surface area contributed by atoms with Crippen molar-refractivity contribution in [2.45, 2.75) is 23.8 Å². The van der Waals surface area contributed by atoms with Gasteiger partial charge in [0.05, 0.1) is 21.3 Å². The first-order valence-corrected chi connectivity index (χ1v) is 11.8. The molecule has 0 saturated carbocycles. The monoisotopic (exact) mass is 508 g/mol. The Morgan fingerprint density at radius 3 is 2.52 bits per heavy atom. The average Bonchev–Trinajstić information content (AvgIpc) is 3.02. The van der Waals surface area contributed by atoms with Crippen molar-refractivity contribution in [1.29, 1.82) is 0 Å². The molecule has 1 amide bonds. The second kappa shape index (κ2) is 9.22. The minimum absolute atomic E-state index is 0.298. The molecule has 0 aliphatic heterocycles. The van der Waals surface area contributed by atoms with Crippen LogP contribution >= 0.6 is 57.9 Å². The molecule has 2 N–H and O–H groups in total. The van der Waals surface area contributed by atoms with Gasteiger partial charge in [0.2, 0.25) is 0 Å². The minimum Gasteiger partial charge on any atom is -0.295 e. The smallest absolute Gasteiger partial charge is 0.270 e. The molecule has 4 rings (SSSR count). The summed E-state index contributed by atoms with van der Waals surface area (Å²) in [5.41, 5.74) is 7.44. The molecule has 0 aliphatic rings. The van der Waals surface area contributed by atoms with Gasteiger partial charge in [-0.25, -0.2) is 9.97 Å². The van der Waals surface area contributed by atoms with Crippen molar-refractivity contribution in [3.05, 3.63) is 73.8 Å². The van der Waals surface area contributed by atoms with Crippen LogP contribution in [0.4, 0.5) is 5.69 Å². The minimum atomic E-state index is -0.339. The molecule has 5 nitrogen and oxygen atoms in total. The molecule has 0 unspecified atom stereocenters. The number of hydrogen-bond acceptors (Lipinski definition) is 6. The van der Waals surface area contributed by atoms with Crippen LogP contribution < -0.4 is 10.9 Å². The van der Waals surface area contributed by atoms with Gasteiger partial charge in [-0.1, -0.05) is 58.7 Å². The number of anilines is 1. The van der Waals surface area contributed by atoms with Crippen LogP contribution in [0.25, 0.3) is 10.2 Å². The Morgan fingerprint density at radius 2 is 1.77 bits per heavy atom. The number of hydrogen-bond donors (Lipinski definition) is 2. The fourth-order valence-corrected chi connectivity index (χ4v) is 5.97. The number of nitrogens with zero attached hydrogens (tertiary/aromatic N) is 2. The van der Waals surface area contributed by atoms with Crippen molar-refractivity contribution >= 4 is 79.7 Å². The molecule has 0 bridgehead atoms. The van der Waals surface area contributed by atoms with Crippen molar-refractivity contribution in [1.82, 2.24) is 15.4 Å². The number of carbonyl (C=O) groups is 1. The van der Waals surface area contributed by atoms with Crippen LogP contribution in [-0.4, -0.2) is 15.9 Å². The number of nitrogens with one attached hydrogen (secondary N) is 2. The second-order valence-corrected chi connectivity index (χ2v) is 10.0. The third-order valence-electron chi connectivity index (χ3n) is 4.58. The van der Waals surface area contributed by atoms with Gasteiger partial charge in [-0.05, 0) is 43.7 Å². The summed E-state index contributed by atoms with van der Waals surface area (Å²) in [7, 11) is 0. The summed E-state index contributed by atoms with van der Waals surface area (Å²) in [5.74, 6) is -0.339. The zero-order chi connectivity index (χ0) is 22.1. The lowest BCUT2D eigenvalue weighted by Gasteiger charge is -2.14. The Hall–Kier alpha value is -2.03. The maximum absolute atomic E-state index is 12.9. The molecule has 4 aromatic rings. The summed E-state index contributed by atoms with van der Waals surface area (Å²) in [6, 6.07) is 10.4. The molecule has 2 heterocycles. The number of rotatable bonds is 5. The van der Waals surface area contributed by atoms with Gasteiger partial charge < -0.3 is 0 Å². The number of amides is 1. The zero-order valence-electron chi connectivity index (χ0n) is 16.3. The summed E-state index contributed by atoms with van der Waals surface area (Å²) in [4.78, 5) is 24.7. The fraction of sp³-hybridized carbons (Fsp3) is 0.0952. The fourth-order valence-electron chi connectivity index (χ4n) is 2.92. The highest BCUT2D eigenvalue weighted by Crippen LogP contribution is 2.38. The van der Waals surface area contributed by atoms with Crippen LogP contribution in [0, 0.1) is 13.8 Å². The maximum atomic E-state index is 12.9. The van der Waals surface area contributed by atoms with Gasteiger partial charge in [-0.3, -0.25) is 15.6 Å². The summed E-state index contributed by atoms with van der Waals surface area (Å²) in [6.45, 7) is 4.12. The highest BCUT2D eigenvalue weighted by atomic mass is 35.5. The van der Waals surface area contributed by atoms with Gasteiger partial charge in [0, 0.05) is 20.2 Å². The van der Waals surface area contributed by atoms with Crippen molar-refractivity contribution in [3.63, 3.8) is 0 Å². The van der Waals surface area contributed by atoms with E-state index >= 15 is 0 Å². The van der Waals surface area contributed by atoms with Crippen LogP contribution in [-0.2, 0) is 0 Å². The Bertz CT molecular complexity index is 1290. The molecule has 0 radical (unpaired) electrons. The molecular weight excluding hydrogens is 495 g/mol. The molecule has 10 heteroatoms. The molecule has 0 fully saturated rings. The van der Waals surface area contributed by atoms with Gasteiger partial charge in [0.25, 0.3) is 5.91 Å². The van der Waals surface area contributed by atoms with Gasteiger partial charge in [0.1, 0.15) is 16.2 Å². The number of hydrazine groups is 1. The van der Waals surface area contributed by atoms with E-state index in [1.54, 1.807) is 41.9 Å². The Kier molecular flexibility index (Phi) is 6.60. The van der Waals surface area contributed by atoms with Crippen molar-refractivity contribution in [2.24, 2.45) is 0 Å². The third-order valence-corrected chi connectivity index (χ3v) is 7.59. The Labute approximate surface area is 202 Å². The number of aromatic nitrogens is 2. The molecule has 2 aromatic heterocycles. The highest BCUT2D eigenvalue weighted by Gasteiger charge is 2.17. The van der Waals surface area contributed by atoms with Crippen molar-refractivity contribution in [3.8, 4) is 0 Å². The van der Waals surface area contributed by atoms with E-state index in [0.29, 0.717) is 26.3 Å². The Balaban J connectivity index is 1.60. The first kappa shape index (κ1) is 22.2. The molecule has 0 spiro atoms. The first-order valence-electron chi connectivity index (χ1n) is 9.03. The van der Waals surface area contributed by atoms with Gasteiger partial charge in [0.15, 0.2) is 0 Å². The van der Waals surface area contributed by atoms with Gasteiger partial charge in [-0.2, -0.15) is 0 Å². The molecule has 158 valence electrons. The molecule has 0 atom stereocenters. The van der Waals surface area contributed by atoms with E-state index < -0.39 is 0 Å². The predicted octanol–water partition coefficient (Wildman–Crippen LogP) is 7.18. The van der Waals surface area contributed by atoms with E-state index in [1.165, 1.54) is 16.6 Å². The second-order valence-electron chi connectivity index (χ2n) is 6.56. The van der Waals surface area contributed by atoms with Gasteiger partial charge in [-0.15, -0.1) is 11.3 Å². The molecule has 0 saturated heterocycles. The molecule has 31 heavy (non-hydrogen) atoms. The van der Waals surface area contributed by atoms with Crippen LogP contribution in [0.1, 0.15) is 20.8 Å². The number of fused-ring (bicyclic) bond motifs is 1. The summed E-state index contributed by atoms with van der Waals surface area (Å²) in [5, 5.41) is 2.83. The van der Waals surface area contributed by atoms with Crippen molar-refractivity contribution in [2.75, 3.05) is 5.43 Å². The van der Waals surface area contributed by atoms with Crippen LogP contribution in [0.5, 0.6) is 0 Å². The molecular formula is C21H15Cl3N4OS2. The average molecular weight is 510 g/mol. The highest BCUT2D eigenvalue weighted by molar-refractivity contribution is 7.99. The van der Waals surface area contributed by atoms with E-state index in [4.69, 9.17) is 34.8 Å². The normalized spacial score (nSPS) is 11.0. The lowest BCUT2D eigenvalue weighted by atomic mass is 10.2. The molecule has 0 aliphatic carbocycles. The lowest BCUT2D eigenvalue weighted by Crippen LogP contribution is -2.30. The summed E-state index contributed by atoms with van der Waals surface area (Å²) < 4.78 is 0. The maximum Gasteiger partial charge on any atom is 0.270 e. The topological polar surface area (TPSA) is 66.9 Å². The first-order chi connectivity index (χ1) is 14.8. The number of halogens is 3. The van der Waals surface area contributed by atoms with Crippen LogP contribution in [0.3, 0.4) is 0 Å². The summed E-state index contributed by atoms with van der Waals surface area (Å²) >= 11 is 21.3. The van der Waals surface area contributed by atoms with Crippen LogP contribution in [0.2, 0.25) is 15.1 Å². The van der Waals surface area contributed by atoms with E-state index in [0.717, 1.165) is 25.7 Å². The lowest BCUT2D eigenvalue weighted by molar-refractivity contribution is 0.0960. The van der Waals surface area contributed by atoms with Crippen molar-refractivity contribution < 1.29 is 4.79 Å². The SMILES string of the molecule is Cc1sc2ncnc(Sc3ccccc3C(=O)NNc3c(Cl)cc(Cl)cc3Cl)c2c1C. The van der Waals surface area contributed by atoms with E-state index in [9.17, 15) is 4.79 Å². The molecule has 2 aromatic carbocycles. The van der Waals surface area contributed by atoms with Gasteiger partial charge >= 0.3 is 0 Å².